The Kier molecular flexibility index (Phi) is 5.62. The maximum atomic E-state index is 12.3. The second-order valence-corrected chi connectivity index (χ2v) is 6.59. The lowest BCUT2D eigenvalue weighted by Gasteiger charge is -2.26. The maximum absolute atomic E-state index is 12.3. The summed E-state index contributed by atoms with van der Waals surface area (Å²) in [5, 5.41) is 12.9. The zero-order chi connectivity index (χ0) is 15.3. The van der Waals surface area contributed by atoms with E-state index in [0.717, 1.165) is 25.8 Å². The van der Waals surface area contributed by atoms with Crippen LogP contribution in [0.2, 0.25) is 0 Å². The van der Waals surface area contributed by atoms with Gasteiger partial charge in [0.2, 0.25) is 5.91 Å². The average Bonchev–Trinajstić information content (AvgIpc) is 2.92. The van der Waals surface area contributed by atoms with Crippen LogP contribution in [0.5, 0.6) is 0 Å². The van der Waals surface area contributed by atoms with Crippen molar-refractivity contribution in [3.63, 3.8) is 0 Å². The summed E-state index contributed by atoms with van der Waals surface area (Å²) in [5.41, 5.74) is -0.701. The number of carbonyl (C=O) groups is 2. The van der Waals surface area contributed by atoms with Crippen LogP contribution in [0.25, 0.3) is 0 Å². The molecule has 0 spiro atoms. The van der Waals surface area contributed by atoms with E-state index >= 15 is 0 Å². The second-order valence-electron chi connectivity index (χ2n) is 6.59. The van der Waals surface area contributed by atoms with Crippen LogP contribution in [0.15, 0.2) is 0 Å². The summed E-state index contributed by atoms with van der Waals surface area (Å²) < 4.78 is 0. The lowest BCUT2D eigenvalue weighted by Crippen LogP contribution is -2.38. The number of hydrogen-bond donors (Lipinski definition) is 2. The normalized spacial score (nSPS) is 29.6. The summed E-state index contributed by atoms with van der Waals surface area (Å²) in [4.78, 5) is 25.6. The van der Waals surface area contributed by atoms with E-state index in [0.29, 0.717) is 38.4 Å². The van der Waals surface area contributed by atoms with E-state index in [1.54, 1.807) is 4.90 Å². The minimum absolute atomic E-state index is 0.126. The molecule has 0 aliphatic carbocycles. The molecule has 21 heavy (non-hydrogen) atoms. The number of carbonyl (C=O) groups excluding carboxylic acids is 1. The molecule has 1 amide bonds. The van der Waals surface area contributed by atoms with Gasteiger partial charge < -0.3 is 15.3 Å². The monoisotopic (exact) mass is 296 g/mol. The van der Waals surface area contributed by atoms with Crippen molar-refractivity contribution in [3.05, 3.63) is 0 Å². The zero-order valence-electron chi connectivity index (χ0n) is 13.1. The van der Waals surface area contributed by atoms with Crippen LogP contribution in [0.1, 0.15) is 58.3 Å². The largest absolute Gasteiger partial charge is 0.481 e. The predicted molar refractivity (Wildman–Crippen MR) is 81.0 cm³/mol. The van der Waals surface area contributed by atoms with Gasteiger partial charge in [0.05, 0.1) is 5.41 Å². The van der Waals surface area contributed by atoms with E-state index in [4.69, 9.17) is 0 Å². The van der Waals surface area contributed by atoms with Gasteiger partial charge in [0.25, 0.3) is 0 Å². The number of aliphatic carboxylic acids is 1. The zero-order valence-corrected chi connectivity index (χ0v) is 13.1. The fourth-order valence-electron chi connectivity index (χ4n) is 3.68. The molecule has 0 bridgehead atoms. The second kappa shape index (κ2) is 7.25. The molecule has 2 fully saturated rings. The lowest BCUT2D eigenvalue weighted by atomic mass is 9.83. The van der Waals surface area contributed by atoms with Gasteiger partial charge in [-0.25, -0.2) is 0 Å². The molecule has 0 radical (unpaired) electrons. The van der Waals surface area contributed by atoms with Gasteiger partial charge in [0.15, 0.2) is 0 Å². The highest BCUT2D eigenvalue weighted by molar-refractivity contribution is 5.80. The molecular formula is C16H28N2O3. The highest BCUT2D eigenvalue weighted by atomic mass is 16.4. The summed E-state index contributed by atoms with van der Waals surface area (Å²) in [6, 6.07) is 0.463. The molecule has 0 aromatic carbocycles. The Bertz CT molecular complexity index is 380. The van der Waals surface area contributed by atoms with Crippen molar-refractivity contribution < 1.29 is 14.7 Å². The summed E-state index contributed by atoms with van der Waals surface area (Å²) in [5.74, 6) is -0.616. The molecule has 2 N–H and O–H groups in total. The molecule has 5 heteroatoms. The number of rotatable bonds is 6. The summed E-state index contributed by atoms with van der Waals surface area (Å²) in [6.45, 7) is 4.06. The van der Waals surface area contributed by atoms with Crippen LogP contribution in [-0.4, -0.2) is 47.6 Å². The van der Waals surface area contributed by atoms with Gasteiger partial charge in [0, 0.05) is 25.6 Å². The van der Waals surface area contributed by atoms with E-state index in [9.17, 15) is 14.7 Å². The highest BCUT2D eigenvalue weighted by Gasteiger charge is 2.45. The lowest BCUT2D eigenvalue weighted by molar-refractivity contribution is -0.149. The molecule has 2 atom stereocenters. The predicted octanol–water partition coefficient (Wildman–Crippen LogP) is 2.01. The van der Waals surface area contributed by atoms with E-state index in [2.05, 4.69) is 5.32 Å². The molecule has 0 aromatic rings. The van der Waals surface area contributed by atoms with Gasteiger partial charge in [-0.1, -0.05) is 19.8 Å². The summed E-state index contributed by atoms with van der Waals surface area (Å²) in [7, 11) is 0. The smallest absolute Gasteiger partial charge is 0.311 e. The number of piperidine rings is 1. The number of carboxylic acid groups (broad SMARTS) is 1. The van der Waals surface area contributed by atoms with Gasteiger partial charge in [-0.15, -0.1) is 0 Å². The number of amides is 1. The Morgan fingerprint density at radius 2 is 2.19 bits per heavy atom. The third-order valence-corrected chi connectivity index (χ3v) is 5.01. The standard InChI is InChI=1S/C16H28N2O3/c1-2-8-16(15(20)21)9-11-18(12-16)14(19)7-6-13-5-3-4-10-17-13/h13,17H,2-12H2,1H3,(H,20,21). The van der Waals surface area contributed by atoms with E-state index < -0.39 is 11.4 Å². The van der Waals surface area contributed by atoms with Crippen molar-refractivity contribution in [1.82, 2.24) is 10.2 Å². The van der Waals surface area contributed by atoms with Crippen LogP contribution >= 0.6 is 0 Å². The van der Waals surface area contributed by atoms with Crippen molar-refractivity contribution in [2.45, 2.75) is 64.3 Å². The minimum atomic E-state index is -0.742. The molecule has 2 saturated heterocycles. The molecule has 2 unspecified atom stereocenters. The van der Waals surface area contributed by atoms with Crippen molar-refractivity contribution in [1.29, 1.82) is 0 Å². The molecule has 120 valence electrons. The quantitative estimate of drug-likeness (QED) is 0.786. The van der Waals surface area contributed by atoms with Crippen LogP contribution in [-0.2, 0) is 9.59 Å². The SMILES string of the molecule is CCCC1(C(=O)O)CCN(C(=O)CCC2CCCCN2)C1. The van der Waals surface area contributed by atoms with E-state index in [1.807, 2.05) is 6.92 Å². The fraction of sp³-hybridized carbons (Fsp3) is 0.875. The van der Waals surface area contributed by atoms with Crippen LogP contribution in [0, 0.1) is 5.41 Å². The molecule has 0 aromatic heterocycles. The fourth-order valence-corrected chi connectivity index (χ4v) is 3.68. The Hall–Kier alpha value is -1.10. The maximum Gasteiger partial charge on any atom is 0.311 e. The van der Waals surface area contributed by atoms with E-state index in [1.165, 1.54) is 12.8 Å². The number of likely N-dealkylation sites (tertiary alicyclic amines) is 1. The summed E-state index contributed by atoms with van der Waals surface area (Å²) >= 11 is 0. The van der Waals surface area contributed by atoms with Gasteiger partial charge in [-0.3, -0.25) is 9.59 Å². The molecular weight excluding hydrogens is 268 g/mol. The molecule has 2 heterocycles. The van der Waals surface area contributed by atoms with Crippen LogP contribution in [0.3, 0.4) is 0 Å². The van der Waals surface area contributed by atoms with Gasteiger partial charge in [-0.2, -0.15) is 0 Å². The average molecular weight is 296 g/mol. The molecule has 2 rings (SSSR count). The number of hydrogen-bond acceptors (Lipinski definition) is 3. The first-order valence-corrected chi connectivity index (χ1v) is 8.32. The Labute approximate surface area is 127 Å². The third kappa shape index (κ3) is 3.96. The van der Waals surface area contributed by atoms with Crippen LogP contribution < -0.4 is 5.32 Å². The van der Waals surface area contributed by atoms with Crippen molar-refractivity contribution >= 4 is 11.9 Å². The first kappa shape index (κ1) is 16.3. The van der Waals surface area contributed by atoms with E-state index in [-0.39, 0.29) is 5.91 Å². The number of nitrogens with one attached hydrogen (secondary N) is 1. The molecule has 5 nitrogen and oxygen atoms in total. The van der Waals surface area contributed by atoms with Gasteiger partial charge >= 0.3 is 5.97 Å². The first-order valence-electron chi connectivity index (χ1n) is 8.32. The van der Waals surface area contributed by atoms with Crippen molar-refractivity contribution in [3.8, 4) is 0 Å². The Morgan fingerprint density at radius 3 is 2.81 bits per heavy atom. The van der Waals surface area contributed by atoms with Crippen molar-refractivity contribution in [2.24, 2.45) is 5.41 Å². The molecule has 0 saturated carbocycles. The molecule has 2 aliphatic rings. The van der Waals surface area contributed by atoms with Gasteiger partial charge in [0.1, 0.15) is 0 Å². The Balaban J connectivity index is 1.82. The minimum Gasteiger partial charge on any atom is -0.481 e. The Morgan fingerprint density at radius 1 is 1.38 bits per heavy atom. The topological polar surface area (TPSA) is 69.6 Å². The number of nitrogens with zero attached hydrogens (tertiary/aromatic N) is 1. The van der Waals surface area contributed by atoms with Crippen molar-refractivity contribution in [2.75, 3.05) is 19.6 Å². The van der Waals surface area contributed by atoms with Crippen LogP contribution in [0.4, 0.5) is 0 Å². The number of carboxylic acids is 1. The summed E-state index contributed by atoms with van der Waals surface area (Å²) in [6.07, 6.45) is 7.16. The third-order valence-electron chi connectivity index (χ3n) is 5.01. The molecule has 2 aliphatic heterocycles. The van der Waals surface area contributed by atoms with Gasteiger partial charge in [-0.05, 0) is 38.6 Å². The highest BCUT2D eigenvalue weighted by Crippen LogP contribution is 2.36. The first-order chi connectivity index (χ1) is 10.1.